The molecule has 4 heterocycles. The van der Waals surface area contributed by atoms with Crippen LogP contribution in [0.25, 0.3) is 17.0 Å². The number of imidazole rings is 1. The molecule has 1 unspecified atom stereocenters. The first-order valence-corrected chi connectivity index (χ1v) is 11.0. The number of aryl methyl sites for hydroxylation is 1. The van der Waals surface area contributed by atoms with Gasteiger partial charge in [0.1, 0.15) is 17.3 Å². The molecule has 0 radical (unpaired) electrons. The normalized spacial score (nSPS) is 15.9. The lowest BCUT2D eigenvalue weighted by molar-refractivity contribution is -0.00138. The molecular weight excluding hydrogens is 434 g/mol. The van der Waals surface area contributed by atoms with Gasteiger partial charge in [-0.15, -0.1) is 0 Å². The van der Waals surface area contributed by atoms with E-state index >= 15 is 0 Å². The zero-order chi connectivity index (χ0) is 23.7. The largest absolute Gasteiger partial charge is 0.384 e. The molecule has 2 amide bonds. The second-order valence-electron chi connectivity index (χ2n) is 8.09. The van der Waals surface area contributed by atoms with Crippen molar-refractivity contribution < 1.29 is 9.53 Å². The number of nitrogens with zero attached hydrogens (tertiary/aromatic N) is 6. The lowest BCUT2D eigenvalue weighted by Gasteiger charge is -2.31. The second kappa shape index (κ2) is 8.94. The molecular formula is C23H25N9O2. The first kappa shape index (κ1) is 21.6. The van der Waals surface area contributed by atoms with Gasteiger partial charge in [0.2, 0.25) is 0 Å². The van der Waals surface area contributed by atoms with Gasteiger partial charge in [0.25, 0.3) is 0 Å². The number of hydrogen-bond donors (Lipinski definition) is 3. The number of nitrogens with two attached hydrogens (primary N) is 1. The standard InChI is InChI=1S/C23H25N9O2/c1-14-13-31(10-11-34-14)23(33)29-17-7-5-16(6-8-17)28-22-21(18-12-19(24)27-15(2)26-18)32-20(30-22)4-3-9-25-32/h3-9,12,14,28H,10-11,13H2,1-2H3,(H,29,33)(H2,24,26,27). The molecule has 34 heavy (non-hydrogen) atoms. The molecule has 4 N–H and O–H groups in total. The number of aromatic nitrogens is 5. The van der Waals surface area contributed by atoms with Crippen LogP contribution in [0.2, 0.25) is 0 Å². The molecule has 1 fully saturated rings. The third-order valence-corrected chi connectivity index (χ3v) is 5.42. The predicted molar refractivity (Wildman–Crippen MR) is 129 cm³/mol. The molecule has 5 rings (SSSR count). The van der Waals surface area contributed by atoms with Gasteiger partial charge in [0, 0.05) is 36.7 Å². The van der Waals surface area contributed by atoms with E-state index < -0.39 is 0 Å². The Labute approximate surface area is 196 Å². The summed E-state index contributed by atoms with van der Waals surface area (Å²) in [4.78, 5) is 27.7. The molecule has 4 aromatic rings. The molecule has 1 saturated heterocycles. The van der Waals surface area contributed by atoms with E-state index in [0.29, 0.717) is 59.9 Å². The van der Waals surface area contributed by atoms with Gasteiger partial charge in [-0.05, 0) is 50.2 Å². The third kappa shape index (κ3) is 4.46. The van der Waals surface area contributed by atoms with E-state index in [1.54, 1.807) is 28.6 Å². The molecule has 11 nitrogen and oxygen atoms in total. The van der Waals surface area contributed by atoms with E-state index in [0.717, 1.165) is 5.69 Å². The van der Waals surface area contributed by atoms with Crippen LogP contribution < -0.4 is 16.4 Å². The number of ether oxygens (including phenoxy) is 1. The summed E-state index contributed by atoms with van der Waals surface area (Å²) < 4.78 is 7.21. The van der Waals surface area contributed by atoms with Gasteiger partial charge in [-0.2, -0.15) is 5.10 Å². The van der Waals surface area contributed by atoms with Crippen molar-refractivity contribution >= 4 is 34.7 Å². The van der Waals surface area contributed by atoms with Gasteiger partial charge >= 0.3 is 6.03 Å². The summed E-state index contributed by atoms with van der Waals surface area (Å²) in [5.74, 6) is 1.51. The van der Waals surface area contributed by atoms with Crippen LogP contribution in [-0.4, -0.2) is 61.3 Å². The Morgan fingerprint density at radius 2 is 1.94 bits per heavy atom. The van der Waals surface area contributed by atoms with Crippen molar-refractivity contribution in [1.82, 2.24) is 29.5 Å². The van der Waals surface area contributed by atoms with Crippen LogP contribution in [0.3, 0.4) is 0 Å². The third-order valence-electron chi connectivity index (χ3n) is 5.42. The van der Waals surface area contributed by atoms with Gasteiger partial charge in [0.15, 0.2) is 11.5 Å². The van der Waals surface area contributed by atoms with Crippen molar-refractivity contribution in [2.45, 2.75) is 20.0 Å². The Bertz CT molecular complexity index is 1320. The highest BCUT2D eigenvalue weighted by Crippen LogP contribution is 2.30. The summed E-state index contributed by atoms with van der Waals surface area (Å²) in [6.07, 6.45) is 1.72. The quantitative estimate of drug-likeness (QED) is 0.424. The van der Waals surface area contributed by atoms with Gasteiger partial charge in [-0.25, -0.2) is 24.3 Å². The molecule has 0 spiro atoms. The highest BCUT2D eigenvalue weighted by atomic mass is 16.5. The van der Waals surface area contributed by atoms with Crippen molar-refractivity contribution in [3.63, 3.8) is 0 Å². The second-order valence-corrected chi connectivity index (χ2v) is 8.09. The van der Waals surface area contributed by atoms with Crippen LogP contribution in [0, 0.1) is 6.92 Å². The molecule has 11 heteroatoms. The fourth-order valence-corrected chi connectivity index (χ4v) is 3.90. The number of rotatable bonds is 4. The van der Waals surface area contributed by atoms with Crippen LogP contribution in [0.4, 0.5) is 27.8 Å². The highest BCUT2D eigenvalue weighted by Gasteiger charge is 2.21. The molecule has 1 aliphatic rings. The summed E-state index contributed by atoms with van der Waals surface area (Å²) in [6.45, 7) is 5.44. The van der Waals surface area contributed by atoms with Crippen molar-refractivity contribution in [2.75, 3.05) is 36.1 Å². The molecule has 0 aliphatic carbocycles. The van der Waals surface area contributed by atoms with Gasteiger partial charge in [-0.3, -0.25) is 0 Å². The predicted octanol–water partition coefficient (Wildman–Crippen LogP) is 3.07. The number of carbonyl (C=O) groups excluding carboxylic acids is 1. The van der Waals surface area contributed by atoms with E-state index in [-0.39, 0.29) is 12.1 Å². The van der Waals surface area contributed by atoms with E-state index in [1.807, 2.05) is 43.3 Å². The zero-order valence-corrected chi connectivity index (χ0v) is 18.9. The van der Waals surface area contributed by atoms with Crippen LogP contribution in [0.1, 0.15) is 12.7 Å². The Hall–Kier alpha value is -4.25. The van der Waals surface area contributed by atoms with E-state index in [4.69, 9.17) is 10.5 Å². The average molecular weight is 460 g/mol. The molecule has 3 aromatic heterocycles. The number of hydrogen-bond acceptors (Lipinski definition) is 8. The molecule has 1 aliphatic heterocycles. The fourth-order valence-electron chi connectivity index (χ4n) is 3.90. The van der Waals surface area contributed by atoms with Gasteiger partial charge < -0.3 is 26.0 Å². The number of morpholine rings is 1. The molecule has 0 saturated carbocycles. The number of carbonyl (C=O) groups is 1. The van der Waals surface area contributed by atoms with Crippen LogP contribution in [0.5, 0.6) is 0 Å². The SMILES string of the molecule is Cc1nc(N)cc(-c2c(Nc3ccc(NC(=O)N4CCOC(C)C4)cc3)nc3cccnn23)n1. The van der Waals surface area contributed by atoms with Crippen LogP contribution >= 0.6 is 0 Å². The molecule has 174 valence electrons. The first-order valence-electron chi connectivity index (χ1n) is 11.0. The molecule has 1 atom stereocenters. The Balaban J connectivity index is 1.39. The number of benzene rings is 1. The summed E-state index contributed by atoms with van der Waals surface area (Å²) in [5.41, 5.74) is 9.41. The number of amides is 2. The Morgan fingerprint density at radius 1 is 1.15 bits per heavy atom. The Kier molecular flexibility index (Phi) is 5.68. The lowest BCUT2D eigenvalue weighted by Crippen LogP contribution is -2.46. The zero-order valence-electron chi connectivity index (χ0n) is 18.9. The highest BCUT2D eigenvalue weighted by molar-refractivity contribution is 5.89. The number of urea groups is 1. The van der Waals surface area contributed by atoms with Gasteiger partial charge in [-0.1, -0.05) is 0 Å². The number of fused-ring (bicyclic) bond motifs is 1. The van der Waals surface area contributed by atoms with Crippen molar-refractivity contribution in [1.29, 1.82) is 0 Å². The monoisotopic (exact) mass is 459 g/mol. The van der Waals surface area contributed by atoms with E-state index in [2.05, 4.69) is 30.7 Å². The maximum Gasteiger partial charge on any atom is 0.322 e. The summed E-state index contributed by atoms with van der Waals surface area (Å²) >= 11 is 0. The smallest absolute Gasteiger partial charge is 0.322 e. The van der Waals surface area contributed by atoms with Gasteiger partial charge in [0.05, 0.1) is 18.4 Å². The lowest BCUT2D eigenvalue weighted by atomic mass is 10.2. The van der Waals surface area contributed by atoms with Crippen molar-refractivity contribution in [3.8, 4) is 11.4 Å². The molecule has 0 bridgehead atoms. The van der Waals surface area contributed by atoms with E-state index in [9.17, 15) is 4.79 Å². The fraction of sp³-hybridized carbons (Fsp3) is 0.261. The summed E-state index contributed by atoms with van der Waals surface area (Å²) in [6, 6.07) is 12.7. The Morgan fingerprint density at radius 3 is 2.71 bits per heavy atom. The summed E-state index contributed by atoms with van der Waals surface area (Å²) in [7, 11) is 0. The first-order chi connectivity index (χ1) is 16.5. The maximum atomic E-state index is 12.5. The minimum Gasteiger partial charge on any atom is -0.384 e. The van der Waals surface area contributed by atoms with Crippen molar-refractivity contribution in [2.24, 2.45) is 0 Å². The maximum absolute atomic E-state index is 12.5. The van der Waals surface area contributed by atoms with Crippen LogP contribution in [-0.2, 0) is 4.74 Å². The number of nitrogen functional groups attached to an aromatic ring is 1. The number of anilines is 4. The summed E-state index contributed by atoms with van der Waals surface area (Å²) in [5, 5.41) is 10.7. The minimum absolute atomic E-state index is 0.0363. The topological polar surface area (TPSA) is 136 Å². The van der Waals surface area contributed by atoms with Crippen LogP contribution in [0.15, 0.2) is 48.7 Å². The van der Waals surface area contributed by atoms with Crippen molar-refractivity contribution in [3.05, 3.63) is 54.5 Å². The average Bonchev–Trinajstić information content (AvgIpc) is 3.17. The number of nitrogens with one attached hydrogen (secondary N) is 2. The molecule has 1 aromatic carbocycles. The minimum atomic E-state index is -0.138. The van der Waals surface area contributed by atoms with E-state index in [1.165, 1.54) is 0 Å².